The first-order valence-corrected chi connectivity index (χ1v) is 8.70. The highest BCUT2D eigenvalue weighted by atomic mass is 35.5. The van der Waals surface area contributed by atoms with Gasteiger partial charge in [-0.2, -0.15) is 0 Å². The molecule has 1 aromatic carbocycles. The highest BCUT2D eigenvalue weighted by Gasteiger charge is 2.23. The molecule has 0 spiro atoms. The lowest BCUT2D eigenvalue weighted by Crippen LogP contribution is -2.48. The molecule has 27 heavy (non-hydrogen) atoms. The van der Waals surface area contributed by atoms with Crippen molar-refractivity contribution in [2.45, 2.75) is 51.9 Å². The van der Waals surface area contributed by atoms with Gasteiger partial charge in [-0.25, -0.2) is 9.59 Å². The quantitative estimate of drug-likeness (QED) is 0.315. The third-order valence-electron chi connectivity index (χ3n) is 3.25. The van der Waals surface area contributed by atoms with Gasteiger partial charge < -0.3 is 25.4 Å². The lowest BCUT2D eigenvalue weighted by atomic mass is 10.1. The van der Waals surface area contributed by atoms with E-state index in [0.29, 0.717) is 11.4 Å². The zero-order valence-electron chi connectivity index (χ0n) is 16.1. The lowest BCUT2D eigenvalue weighted by Gasteiger charge is -2.23. The summed E-state index contributed by atoms with van der Waals surface area (Å²) in [6, 6.07) is 6.34. The molecule has 0 saturated heterocycles. The van der Waals surface area contributed by atoms with E-state index in [1.54, 1.807) is 45.0 Å². The molecule has 1 rings (SSSR count). The molecule has 0 aliphatic heterocycles. The minimum absolute atomic E-state index is 0.0217. The normalized spacial score (nSPS) is 14.1. The van der Waals surface area contributed by atoms with Crippen LogP contribution in [0.1, 0.15) is 33.3 Å². The Balaban J connectivity index is 2.92. The van der Waals surface area contributed by atoms with Crippen molar-refractivity contribution in [3.63, 3.8) is 0 Å². The second-order valence-corrected chi connectivity index (χ2v) is 7.25. The van der Waals surface area contributed by atoms with Crippen molar-refractivity contribution >= 4 is 29.5 Å². The Labute approximate surface area is 164 Å². The number of nitrogens with zero attached hydrogens (tertiary/aromatic N) is 1. The van der Waals surface area contributed by atoms with E-state index < -0.39 is 29.8 Å². The van der Waals surface area contributed by atoms with Gasteiger partial charge in [0, 0.05) is 11.4 Å². The van der Waals surface area contributed by atoms with Crippen LogP contribution >= 0.6 is 11.6 Å². The average molecular weight is 400 g/mol. The van der Waals surface area contributed by atoms with Crippen LogP contribution in [-0.2, 0) is 25.5 Å². The molecule has 0 aliphatic rings. The van der Waals surface area contributed by atoms with Gasteiger partial charge in [0.05, 0.1) is 13.2 Å². The summed E-state index contributed by atoms with van der Waals surface area (Å²) >= 11 is 5.89. The third kappa shape index (κ3) is 8.63. The molecular weight excluding hydrogens is 374 g/mol. The summed E-state index contributed by atoms with van der Waals surface area (Å²) in [5.74, 6) is -0.618. The number of alkyl carbamates (subject to hydrolysis) is 1. The maximum absolute atomic E-state index is 12.1. The number of methoxy groups -OCH3 is 1. The number of hydrogen-bond acceptors (Lipinski definition) is 6. The van der Waals surface area contributed by atoms with Gasteiger partial charge in [0.15, 0.2) is 5.84 Å². The number of benzene rings is 1. The number of rotatable bonds is 7. The maximum Gasteiger partial charge on any atom is 0.408 e. The first-order chi connectivity index (χ1) is 12.5. The number of ether oxygens (including phenoxy) is 2. The molecular formula is C18H26ClN3O5. The summed E-state index contributed by atoms with van der Waals surface area (Å²) in [5.41, 5.74) is 6.17. The zero-order chi connectivity index (χ0) is 20.6. The van der Waals surface area contributed by atoms with Crippen LogP contribution in [0.5, 0.6) is 0 Å². The number of halogens is 1. The summed E-state index contributed by atoms with van der Waals surface area (Å²) in [6.07, 6.45) is -1.27. The predicted octanol–water partition coefficient (Wildman–Crippen LogP) is 2.63. The first-order valence-electron chi connectivity index (χ1n) is 8.32. The fourth-order valence-corrected chi connectivity index (χ4v) is 2.07. The van der Waals surface area contributed by atoms with E-state index >= 15 is 0 Å². The summed E-state index contributed by atoms with van der Waals surface area (Å²) < 4.78 is 9.81. The van der Waals surface area contributed by atoms with E-state index in [2.05, 4.69) is 15.2 Å². The fourth-order valence-electron chi connectivity index (χ4n) is 1.95. The van der Waals surface area contributed by atoms with Gasteiger partial charge in [-0.05, 0) is 45.4 Å². The number of esters is 1. The average Bonchev–Trinajstić information content (AvgIpc) is 2.58. The molecule has 0 saturated carbocycles. The topological polar surface area (TPSA) is 112 Å². The molecule has 0 bridgehead atoms. The Kier molecular flexibility index (Phi) is 8.36. The minimum atomic E-state index is -0.939. The zero-order valence-corrected chi connectivity index (χ0v) is 16.9. The number of nitrogens with one attached hydrogen (secondary N) is 1. The van der Waals surface area contributed by atoms with E-state index in [4.69, 9.17) is 26.9 Å². The molecule has 0 radical (unpaired) electrons. The van der Waals surface area contributed by atoms with Gasteiger partial charge >= 0.3 is 12.1 Å². The monoisotopic (exact) mass is 399 g/mol. The van der Waals surface area contributed by atoms with Gasteiger partial charge in [0.25, 0.3) is 0 Å². The highest BCUT2D eigenvalue weighted by Crippen LogP contribution is 2.12. The molecule has 0 aliphatic carbocycles. The van der Waals surface area contributed by atoms with Crippen LogP contribution in [0.4, 0.5) is 4.79 Å². The summed E-state index contributed by atoms with van der Waals surface area (Å²) in [4.78, 5) is 28.6. The van der Waals surface area contributed by atoms with E-state index in [1.165, 1.54) is 14.0 Å². The van der Waals surface area contributed by atoms with Crippen LogP contribution in [-0.4, -0.2) is 42.8 Å². The minimum Gasteiger partial charge on any atom is -0.466 e. The van der Waals surface area contributed by atoms with Crippen LogP contribution in [0.25, 0.3) is 0 Å². The molecule has 0 aromatic heterocycles. The second-order valence-electron chi connectivity index (χ2n) is 6.82. The second kappa shape index (κ2) is 10.0. The summed E-state index contributed by atoms with van der Waals surface area (Å²) in [6.45, 7) is 6.72. The molecule has 1 aromatic rings. The SMILES string of the molecule is COC(=O)[C@H](C)O/N=C(\N)[C@H](Cc1ccc(Cl)cc1)NC(=O)OC(C)(C)C. The van der Waals surface area contributed by atoms with E-state index in [9.17, 15) is 9.59 Å². The molecule has 3 N–H and O–H groups in total. The number of nitrogens with two attached hydrogens (primary N) is 1. The van der Waals surface area contributed by atoms with Gasteiger partial charge in [-0.1, -0.05) is 28.9 Å². The van der Waals surface area contributed by atoms with Crippen LogP contribution in [0.15, 0.2) is 29.4 Å². The third-order valence-corrected chi connectivity index (χ3v) is 3.50. The Bertz CT molecular complexity index is 671. The smallest absolute Gasteiger partial charge is 0.408 e. The Morgan fingerprint density at radius 2 is 1.85 bits per heavy atom. The van der Waals surface area contributed by atoms with Crippen LogP contribution in [0.2, 0.25) is 5.02 Å². The standard InChI is InChI=1S/C18H26ClN3O5/c1-11(16(23)25-5)27-22-15(20)14(21-17(24)26-18(2,3)4)10-12-6-8-13(19)9-7-12/h6-9,11,14H,10H2,1-5H3,(H2,20,22)(H,21,24)/t11-,14-/m0/s1. The molecule has 1 amide bonds. The van der Waals surface area contributed by atoms with Gasteiger partial charge in [-0.15, -0.1) is 0 Å². The van der Waals surface area contributed by atoms with Crippen molar-refractivity contribution in [2.75, 3.05) is 7.11 Å². The Hall–Kier alpha value is -2.48. The predicted molar refractivity (Wildman–Crippen MR) is 102 cm³/mol. The molecule has 150 valence electrons. The largest absolute Gasteiger partial charge is 0.466 e. The van der Waals surface area contributed by atoms with Crippen molar-refractivity contribution in [2.24, 2.45) is 10.9 Å². The van der Waals surface area contributed by atoms with Crippen LogP contribution in [0.3, 0.4) is 0 Å². The van der Waals surface area contributed by atoms with E-state index in [0.717, 1.165) is 5.56 Å². The number of oxime groups is 1. The number of amides is 1. The number of hydrogen-bond donors (Lipinski definition) is 2. The van der Waals surface area contributed by atoms with Gasteiger partial charge in [0.2, 0.25) is 6.10 Å². The van der Waals surface area contributed by atoms with E-state index in [1.807, 2.05) is 0 Å². The Morgan fingerprint density at radius 3 is 2.37 bits per heavy atom. The van der Waals surface area contributed by atoms with Crippen molar-refractivity contribution in [1.82, 2.24) is 5.32 Å². The molecule has 0 unspecified atom stereocenters. The van der Waals surface area contributed by atoms with Crippen molar-refractivity contribution in [1.29, 1.82) is 0 Å². The van der Waals surface area contributed by atoms with Gasteiger partial charge in [-0.3, -0.25) is 0 Å². The number of carbonyl (C=O) groups excluding carboxylic acids is 2. The first kappa shape index (κ1) is 22.6. The highest BCUT2D eigenvalue weighted by molar-refractivity contribution is 6.30. The number of amidine groups is 1. The molecule has 0 heterocycles. The summed E-state index contributed by atoms with van der Waals surface area (Å²) in [5, 5.41) is 7.00. The lowest BCUT2D eigenvalue weighted by molar-refractivity contribution is -0.152. The molecule has 8 nitrogen and oxygen atoms in total. The van der Waals surface area contributed by atoms with Crippen molar-refractivity contribution < 1.29 is 23.9 Å². The van der Waals surface area contributed by atoms with Gasteiger partial charge in [0.1, 0.15) is 5.60 Å². The Morgan fingerprint density at radius 1 is 1.26 bits per heavy atom. The van der Waals surface area contributed by atoms with Crippen LogP contribution < -0.4 is 11.1 Å². The van der Waals surface area contributed by atoms with Crippen molar-refractivity contribution in [3.8, 4) is 0 Å². The number of carbonyl (C=O) groups is 2. The van der Waals surface area contributed by atoms with Crippen molar-refractivity contribution in [3.05, 3.63) is 34.9 Å². The van der Waals surface area contributed by atoms with E-state index in [-0.39, 0.29) is 5.84 Å². The summed E-state index contributed by atoms with van der Waals surface area (Å²) in [7, 11) is 1.24. The van der Waals surface area contributed by atoms with Crippen LogP contribution in [0, 0.1) is 0 Å². The molecule has 0 fully saturated rings. The fraction of sp³-hybridized carbons (Fsp3) is 0.500. The maximum atomic E-state index is 12.1. The molecule has 9 heteroatoms. The molecule has 2 atom stereocenters.